The van der Waals surface area contributed by atoms with Gasteiger partial charge in [0.1, 0.15) is 0 Å². The molecular weight excluding hydrogens is 218 g/mol. The van der Waals surface area contributed by atoms with Crippen molar-refractivity contribution in [2.75, 3.05) is 32.8 Å². The van der Waals surface area contributed by atoms with Crippen molar-refractivity contribution >= 4 is 5.97 Å². The van der Waals surface area contributed by atoms with Crippen LogP contribution in [0.4, 0.5) is 0 Å². The van der Waals surface area contributed by atoms with Crippen molar-refractivity contribution in [2.45, 2.75) is 32.6 Å². The van der Waals surface area contributed by atoms with Crippen molar-refractivity contribution in [1.82, 2.24) is 4.90 Å². The van der Waals surface area contributed by atoms with Crippen LogP contribution in [0.3, 0.4) is 0 Å². The Labute approximate surface area is 103 Å². The van der Waals surface area contributed by atoms with Crippen molar-refractivity contribution in [3.05, 3.63) is 0 Å². The average molecular weight is 241 g/mol. The molecule has 4 nitrogen and oxygen atoms in total. The number of carboxylic acid groups (broad SMARTS) is 1. The third-order valence-corrected chi connectivity index (χ3v) is 4.36. The lowest BCUT2D eigenvalue weighted by atomic mass is 9.77. The van der Waals surface area contributed by atoms with Crippen molar-refractivity contribution in [1.29, 1.82) is 0 Å². The second-order valence-corrected chi connectivity index (χ2v) is 5.49. The van der Waals surface area contributed by atoms with Gasteiger partial charge < -0.3 is 9.84 Å². The summed E-state index contributed by atoms with van der Waals surface area (Å²) in [6, 6.07) is 0. The first-order chi connectivity index (χ1) is 8.16. The highest BCUT2D eigenvalue weighted by Crippen LogP contribution is 2.48. The SMILES string of the molecule is CCOCC1CN(CC(=O)O)CC12CCCC2. The molecule has 2 rings (SSSR count). The maximum Gasteiger partial charge on any atom is 0.317 e. The Balaban J connectivity index is 1.99. The van der Waals surface area contributed by atoms with Gasteiger partial charge in [-0.1, -0.05) is 12.8 Å². The molecule has 0 amide bonds. The topological polar surface area (TPSA) is 49.8 Å². The molecule has 0 bridgehead atoms. The highest BCUT2D eigenvalue weighted by Gasteiger charge is 2.47. The quantitative estimate of drug-likeness (QED) is 0.794. The molecule has 1 unspecified atom stereocenters. The Morgan fingerprint density at radius 3 is 2.76 bits per heavy atom. The van der Waals surface area contributed by atoms with Crippen LogP contribution in [0.2, 0.25) is 0 Å². The largest absolute Gasteiger partial charge is 0.480 e. The molecule has 1 aliphatic carbocycles. The molecule has 1 saturated carbocycles. The normalized spacial score (nSPS) is 27.9. The van der Waals surface area contributed by atoms with Gasteiger partial charge in [-0.05, 0) is 25.2 Å². The zero-order valence-corrected chi connectivity index (χ0v) is 10.7. The molecule has 17 heavy (non-hydrogen) atoms. The van der Waals surface area contributed by atoms with Gasteiger partial charge in [-0.2, -0.15) is 0 Å². The minimum Gasteiger partial charge on any atom is -0.480 e. The summed E-state index contributed by atoms with van der Waals surface area (Å²) in [6.07, 6.45) is 5.09. The van der Waals surface area contributed by atoms with E-state index in [1.54, 1.807) is 0 Å². The third kappa shape index (κ3) is 2.80. The fraction of sp³-hybridized carbons (Fsp3) is 0.923. The summed E-state index contributed by atoms with van der Waals surface area (Å²) < 4.78 is 5.58. The Bertz CT molecular complexity index is 274. The van der Waals surface area contributed by atoms with Crippen LogP contribution in [-0.2, 0) is 9.53 Å². The Morgan fingerprint density at radius 2 is 2.18 bits per heavy atom. The van der Waals surface area contributed by atoms with E-state index >= 15 is 0 Å². The summed E-state index contributed by atoms with van der Waals surface area (Å²) in [5, 5.41) is 8.89. The van der Waals surface area contributed by atoms with E-state index < -0.39 is 5.97 Å². The average Bonchev–Trinajstić information content (AvgIpc) is 2.84. The lowest BCUT2D eigenvalue weighted by Gasteiger charge is -2.29. The Kier molecular flexibility index (Phi) is 4.05. The molecule has 98 valence electrons. The van der Waals surface area contributed by atoms with Crippen molar-refractivity contribution in [2.24, 2.45) is 11.3 Å². The van der Waals surface area contributed by atoms with E-state index in [0.29, 0.717) is 11.3 Å². The Hall–Kier alpha value is -0.610. The number of aliphatic carboxylic acids is 1. The number of hydrogen-bond donors (Lipinski definition) is 1. The maximum absolute atomic E-state index is 10.8. The van der Waals surface area contributed by atoms with Gasteiger partial charge in [0.2, 0.25) is 0 Å². The van der Waals surface area contributed by atoms with E-state index in [0.717, 1.165) is 26.3 Å². The summed E-state index contributed by atoms with van der Waals surface area (Å²) in [4.78, 5) is 12.9. The number of ether oxygens (including phenoxy) is 1. The van der Waals surface area contributed by atoms with E-state index in [-0.39, 0.29) is 6.54 Å². The molecule has 2 fully saturated rings. The van der Waals surface area contributed by atoms with Gasteiger partial charge in [-0.15, -0.1) is 0 Å². The molecule has 1 saturated heterocycles. The molecule has 1 aliphatic heterocycles. The van der Waals surface area contributed by atoms with Crippen LogP contribution in [0.25, 0.3) is 0 Å². The number of nitrogens with zero attached hydrogens (tertiary/aromatic N) is 1. The molecule has 0 radical (unpaired) electrons. The first-order valence-corrected chi connectivity index (χ1v) is 6.68. The summed E-state index contributed by atoms with van der Waals surface area (Å²) in [7, 11) is 0. The number of carboxylic acids is 1. The number of likely N-dealkylation sites (tertiary alicyclic amines) is 1. The third-order valence-electron chi connectivity index (χ3n) is 4.36. The minimum atomic E-state index is -0.713. The molecule has 0 aromatic carbocycles. The summed E-state index contributed by atoms with van der Waals surface area (Å²) in [5.41, 5.74) is 0.352. The molecule has 2 aliphatic rings. The molecule has 1 heterocycles. The molecular formula is C13H23NO3. The summed E-state index contributed by atoms with van der Waals surface area (Å²) >= 11 is 0. The maximum atomic E-state index is 10.8. The van der Waals surface area contributed by atoms with Crippen LogP contribution in [-0.4, -0.2) is 48.8 Å². The summed E-state index contributed by atoms with van der Waals surface area (Å²) in [5.74, 6) is -0.181. The predicted octanol–water partition coefficient (Wildman–Crippen LogP) is 1.60. The van der Waals surface area contributed by atoms with Crippen molar-refractivity contribution in [3.63, 3.8) is 0 Å². The van der Waals surface area contributed by atoms with Gasteiger partial charge in [0.05, 0.1) is 13.2 Å². The van der Waals surface area contributed by atoms with E-state index in [2.05, 4.69) is 4.90 Å². The first-order valence-electron chi connectivity index (χ1n) is 6.68. The van der Waals surface area contributed by atoms with Gasteiger partial charge >= 0.3 is 5.97 Å². The smallest absolute Gasteiger partial charge is 0.317 e. The van der Waals surface area contributed by atoms with Crippen molar-refractivity contribution in [3.8, 4) is 0 Å². The minimum absolute atomic E-state index is 0.185. The second kappa shape index (κ2) is 5.36. The van der Waals surface area contributed by atoms with Gasteiger partial charge in [-0.3, -0.25) is 9.69 Å². The summed E-state index contributed by atoms with van der Waals surface area (Å²) in [6.45, 7) is 5.61. The molecule has 1 spiro atoms. The van der Waals surface area contributed by atoms with E-state index in [1.807, 2.05) is 6.92 Å². The molecule has 4 heteroatoms. The van der Waals surface area contributed by atoms with E-state index in [1.165, 1.54) is 25.7 Å². The van der Waals surface area contributed by atoms with Crippen LogP contribution in [0.1, 0.15) is 32.6 Å². The van der Waals surface area contributed by atoms with E-state index in [9.17, 15) is 4.79 Å². The van der Waals surface area contributed by atoms with Crippen molar-refractivity contribution < 1.29 is 14.6 Å². The van der Waals surface area contributed by atoms with Gasteiger partial charge in [0, 0.05) is 25.6 Å². The van der Waals surface area contributed by atoms with Crippen LogP contribution < -0.4 is 0 Å². The highest BCUT2D eigenvalue weighted by molar-refractivity contribution is 5.69. The van der Waals surface area contributed by atoms with Crippen LogP contribution >= 0.6 is 0 Å². The molecule has 0 aromatic heterocycles. The monoisotopic (exact) mass is 241 g/mol. The zero-order chi connectivity index (χ0) is 12.3. The Morgan fingerprint density at radius 1 is 1.47 bits per heavy atom. The highest BCUT2D eigenvalue weighted by atomic mass is 16.5. The second-order valence-electron chi connectivity index (χ2n) is 5.49. The lowest BCUT2D eigenvalue weighted by Crippen LogP contribution is -2.31. The number of rotatable bonds is 5. The van der Waals surface area contributed by atoms with Gasteiger partial charge in [0.15, 0.2) is 0 Å². The first kappa shape index (κ1) is 12.8. The van der Waals surface area contributed by atoms with E-state index in [4.69, 9.17) is 9.84 Å². The van der Waals surface area contributed by atoms with Gasteiger partial charge in [0.25, 0.3) is 0 Å². The molecule has 1 N–H and O–H groups in total. The molecule has 1 atom stereocenters. The number of carbonyl (C=O) groups is 1. The molecule has 0 aromatic rings. The zero-order valence-electron chi connectivity index (χ0n) is 10.7. The fourth-order valence-electron chi connectivity index (χ4n) is 3.59. The van der Waals surface area contributed by atoms with Crippen LogP contribution in [0.15, 0.2) is 0 Å². The fourth-order valence-corrected chi connectivity index (χ4v) is 3.59. The number of hydrogen-bond acceptors (Lipinski definition) is 3. The van der Waals surface area contributed by atoms with Crippen LogP contribution in [0.5, 0.6) is 0 Å². The van der Waals surface area contributed by atoms with Crippen LogP contribution in [0, 0.1) is 11.3 Å². The van der Waals surface area contributed by atoms with Gasteiger partial charge in [-0.25, -0.2) is 0 Å². The standard InChI is InChI=1S/C13H23NO3/c1-2-17-9-11-7-14(8-12(15)16)10-13(11)5-3-4-6-13/h11H,2-10H2,1H3,(H,15,16). The predicted molar refractivity (Wildman–Crippen MR) is 65.0 cm³/mol. The lowest BCUT2D eigenvalue weighted by molar-refractivity contribution is -0.138.